The van der Waals surface area contributed by atoms with Gasteiger partial charge in [0.2, 0.25) is 0 Å². The van der Waals surface area contributed by atoms with Gasteiger partial charge in [-0.3, -0.25) is 24.0 Å². The van der Waals surface area contributed by atoms with Gasteiger partial charge in [0.25, 0.3) is 21.8 Å². The molecule has 0 unspecified atom stereocenters. The third-order valence-corrected chi connectivity index (χ3v) is 16.5. The molecule has 18 nitrogen and oxygen atoms in total. The molecule has 2 atom stereocenters. The molecule has 21 heteroatoms. The van der Waals surface area contributed by atoms with Crippen molar-refractivity contribution >= 4 is 78.1 Å². The van der Waals surface area contributed by atoms with E-state index in [-0.39, 0.29) is 38.7 Å². The first-order valence-corrected chi connectivity index (χ1v) is 24.6. The van der Waals surface area contributed by atoms with Gasteiger partial charge in [0, 0.05) is 74.1 Å². The van der Waals surface area contributed by atoms with E-state index >= 15 is 0 Å². The summed E-state index contributed by atoms with van der Waals surface area (Å²) in [5.41, 5.74) is 3.85. The Balaban J connectivity index is 1.17. The quantitative estimate of drug-likeness (QED) is 0.0488. The minimum Gasteiger partial charge on any atom is -0.455 e. The van der Waals surface area contributed by atoms with Crippen LogP contribution in [0, 0.1) is 13.8 Å². The number of methoxy groups -OCH3 is 1. The van der Waals surface area contributed by atoms with Gasteiger partial charge in [-0.05, 0) is 82.7 Å². The summed E-state index contributed by atoms with van der Waals surface area (Å²) in [6.45, 7) is 14.8. The number of H-pyrrole nitrogens is 1. The fourth-order valence-electron chi connectivity index (χ4n) is 7.32. The first-order chi connectivity index (χ1) is 29.8. The highest BCUT2D eigenvalue weighted by molar-refractivity contribution is 7.95. The van der Waals surface area contributed by atoms with E-state index in [0.717, 1.165) is 13.1 Å². The van der Waals surface area contributed by atoms with Crippen LogP contribution in [0.3, 0.4) is 0 Å². The van der Waals surface area contributed by atoms with E-state index in [1.54, 1.807) is 26.0 Å². The number of sulfonamides is 1. The van der Waals surface area contributed by atoms with Crippen LogP contribution in [0.4, 0.5) is 5.69 Å². The van der Waals surface area contributed by atoms with Crippen molar-refractivity contribution in [1.82, 2.24) is 24.8 Å². The molecule has 0 bridgehead atoms. The highest BCUT2D eigenvalue weighted by Gasteiger charge is 2.40. The van der Waals surface area contributed by atoms with Crippen LogP contribution in [0.15, 0.2) is 32.7 Å². The van der Waals surface area contributed by atoms with Crippen LogP contribution in [0.5, 0.6) is 5.75 Å². The number of aryl methyl sites for hydroxylation is 1. The Morgan fingerprint density at radius 1 is 1.08 bits per heavy atom. The number of thiophene rings is 1. The molecule has 63 heavy (non-hydrogen) atoms. The molecule has 0 radical (unpaired) electrons. The lowest BCUT2D eigenvalue weighted by atomic mass is 10.0. The van der Waals surface area contributed by atoms with E-state index in [1.807, 2.05) is 6.92 Å². The number of amides is 2. The Hall–Kier alpha value is -4.77. The van der Waals surface area contributed by atoms with Crippen LogP contribution in [-0.4, -0.2) is 132 Å². The summed E-state index contributed by atoms with van der Waals surface area (Å²) in [4.78, 5) is 70.1. The standard InChI is InChI=1S/C42H56N6O12S3/c1-8-43-34-23-48(17-11-19-58-7)63(56,57)42-31(34)22-38(61-42)62(54,55)24-35(49)27(6)59-36(50)14-15-37(51)60-28-12-13-32-29(20-28)30(40(52)46-32)21-33-25(4)39(26(5)45-33)41(53)44-16-18-47(9-2)10-3/h12-13,20-22,27,34,43,45H,8-11,14-19,23-24H2,1-7H3,(H,44,53)(H,46,52)/b30-21-/t27-,34-/m0/s1. The van der Waals surface area contributed by atoms with Gasteiger partial charge in [-0.1, -0.05) is 20.8 Å². The van der Waals surface area contributed by atoms with Crippen molar-refractivity contribution in [3.63, 3.8) is 0 Å². The number of nitrogens with one attached hydrogen (secondary N) is 4. The van der Waals surface area contributed by atoms with Crippen LogP contribution in [0.2, 0.25) is 0 Å². The highest BCUT2D eigenvalue weighted by Crippen LogP contribution is 2.41. The predicted octanol–water partition coefficient (Wildman–Crippen LogP) is 3.61. The number of benzene rings is 1. The second-order valence-corrected chi connectivity index (χ2v) is 20.5. The fourth-order valence-corrected chi connectivity index (χ4v) is 12.6. The summed E-state index contributed by atoms with van der Waals surface area (Å²) >= 11 is 0.575. The predicted molar refractivity (Wildman–Crippen MR) is 237 cm³/mol. The van der Waals surface area contributed by atoms with Crippen molar-refractivity contribution in [3.8, 4) is 5.75 Å². The summed E-state index contributed by atoms with van der Waals surface area (Å²) in [6.07, 6.45) is -0.350. The van der Waals surface area contributed by atoms with Crippen LogP contribution < -0.4 is 20.7 Å². The number of ketones is 1. The maximum atomic E-state index is 13.5. The molecular formula is C42H56N6O12S3. The van der Waals surface area contributed by atoms with Crippen molar-refractivity contribution in [3.05, 3.63) is 57.9 Å². The summed E-state index contributed by atoms with van der Waals surface area (Å²) < 4.78 is 70.3. The lowest BCUT2D eigenvalue weighted by Crippen LogP contribution is -2.43. The van der Waals surface area contributed by atoms with E-state index < -0.39 is 74.2 Å². The number of carbonyl (C=O) groups excluding carboxylic acids is 5. The summed E-state index contributed by atoms with van der Waals surface area (Å²) in [5, 5.41) is 8.95. The fraction of sp³-hybridized carbons (Fsp3) is 0.500. The monoisotopic (exact) mass is 932 g/mol. The molecule has 2 amide bonds. The van der Waals surface area contributed by atoms with Crippen LogP contribution in [0.25, 0.3) is 11.6 Å². The molecule has 0 saturated carbocycles. The number of carbonyl (C=O) groups is 5. The third kappa shape index (κ3) is 11.7. The van der Waals surface area contributed by atoms with E-state index in [9.17, 15) is 40.8 Å². The maximum Gasteiger partial charge on any atom is 0.311 e. The number of ether oxygens (including phenoxy) is 3. The lowest BCUT2D eigenvalue weighted by Gasteiger charge is -2.32. The van der Waals surface area contributed by atoms with Crippen LogP contribution in [0.1, 0.15) is 91.4 Å². The number of rotatable bonds is 22. The number of aromatic nitrogens is 1. The molecule has 3 aromatic rings. The second kappa shape index (κ2) is 21.3. The van der Waals surface area contributed by atoms with Crippen molar-refractivity contribution in [2.24, 2.45) is 0 Å². The van der Waals surface area contributed by atoms with Crippen molar-refractivity contribution in [1.29, 1.82) is 0 Å². The Bertz CT molecular complexity index is 2470. The molecule has 4 N–H and O–H groups in total. The van der Waals surface area contributed by atoms with Gasteiger partial charge in [0.1, 0.15) is 19.9 Å². The molecule has 344 valence electrons. The third-order valence-electron chi connectivity index (χ3n) is 10.8. The topological polar surface area (TPSA) is 240 Å². The Kier molecular flexibility index (Phi) is 16.6. The van der Waals surface area contributed by atoms with Gasteiger partial charge in [0.15, 0.2) is 21.7 Å². The van der Waals surface area contributed by atoms with Gasteiger partial charge >= 0.3 is 11.9 Å². The van der Waals surface area contributed by atoms with E-state index in [1.165, 1.54) is 36.5 Å². The maximum absolute atomic E-state index is 13.5. The van der Waals surface area contributed by atoms with Gasteiger partial charge in [-0.15, -0.1) is 11.3 Å². The number of hydrogen-bond acceptors (Lipinski definition) is 15. The molecule has 2 aliphatic rings. The average molecular weight is 933 g/mol. The van der Waals surface area contributed by atoms with E-state index in [2.05, 4.69) is 39.7 Å². The number of anilines is 1. The Labute approximate surface area is 372 Å². The van der Waals surface area contributed by atoms with Crippen LogP contribution in [-0.2, 0) is 48.5 Å². The number of hydrogen-bond donors (Lipinski definition) is 4. The molecule has 0 aliphatic carbocycles. The molecule has 2 aliphatic heterocycles. The SMILES string of the molecule is CCN[C@H]1CN(CCCOC)S(=O)(=O)c2sc(S(=O)(=O)CC(=O)[C@H](C)OC(=O)CCC(=O)Oc3ccc4c(c3)/C(=C/c3[nH]c(C)c(C(=O)NCCN(CC)CC)c3C)C(=O)N4)cc21. The molecular weight excluding hydrogens is 877 g/mol. The smallest absolute Gasteiger partial charge is 0.311 e. The minimum absolute atomic E-state index is 0.0922. The Morgan fingerprint density at radius 3 is 2.48 bits per heavy atom. The minimum atomic E-state index is -4.34. The van der Waals surface area contributed by atoms with E-state index in [0.29, 0.717) is 83.3 Å². The number of Topliss-reactive ketones (excluding diaryl/α,β-unsaturated/α-hetero) is 1. The van der Waals surface area contributed by atoms with Crippen LogP contribution >= 0.6 is 11.3 Å². The lowest BCUT2D eigenvalue weighted by molar-refractivity contribution is -0.154. The van der Waals surface area contributed by atoms with Crippen molar-refractivity contribution in [2.45, 2.75) is 81.4 Å². The zero-order chi connectivity index (χ0) is 46.2. The second-order valence-electron chi connectivity index (χ2n) is 15.1. The first-order valence-electron chi connectivity index (χ1n) is 20.7. The number of sulfone groups is 1. The number of nitrogens with zero attached hydrogens (tertiary/aromatic N) is 2. The van der Waals surface area contributed by atoms with E-state index in [4.69, 9.17) is 14.2 Å². The summed E-state index contributed by atoms with van der Waals surface area (Å²) in [5.74, 6) is -4.28. The molecule has 2 aromatic heterocycles. The number of aromatic amines is 1. The van der Waals surface area contributed by atoms with Gasteiger partial charge in [0.05, 0.1) is 24.0 Å². The van der Waals surface area contributed by atoms with Crippen molar-refractivity contribution in [2.75, 3.05) is 70.6 Å². The number of likely N-dealkylation sites (N-methyl/N-ethyl adjacent to an activating group) is 2. The Morgan fingerprint density at radius 2 is 1.79 bits per heavy atom. The van der Waals surface area contributed by atoms with Gasteiger partial charge in [-0.25, -0.2) is 16.8 Å². The molecule has 5 rings (SSSR count). The first kappa shape index (κ1) is 49.2. The largest absolute Gasteiger partial charge is 0.455 e. The number of esters is 2. The number of fused-ring (bicyclic) bond motifs is 2. The molecule has 0 saturated heterocycles. The summed E-state index contributed by atoms with van der Waals surface area (Å²) in [6, 6.07) is 5.36. The normalized spacial score (nSPS) is 17.0. The zero-order valence-corrected chi connectivity index (χ0v) is 39.0. The highest BCUT2D eigenvalue weighted by atomic mass is 32.3. The molecule has 4 heterocycles. The summed E-state index contributed by atoms with van der Waals surface area (Å²) in [7, 11) is -6.84. The van der Waals surface area contributed by atoms with Gasteiger partial charge in [-0.2, -0.15) is 4.31 Å². The zero-order valence-electron chi connectivity index (χ0n) is 36.5. The molecule has 0 spiro atoms. The van der Waals surface area contributed by atoms with Crippen molar-refractivity contribution < 1.29 is 55.0 Å². The van der Waals surface area contributed by atoms with Gasteiger partial charge < -0.3 is 40.0 Å². The molecule has 1 aromatic carbocycles. The average Bonchev–Trinajstić information content (AvgIpc) is 3.91. The molecule has 0 fully saturated rings.